The monoisotopic (exact) mass is 836 g/mol. The molecule has 5 aromatic carbocycles. The number of hydrogen-bond donors (Lipinski definition) is 7. The van der Waals surface area contributed by atoms with E-state index in [1.165, 1.54) is 97.1 Å². The number of carboxylic acid groups (broad SMARTS) is 1. The minimum Gasteiger partial charge on any atom is -0.504 e. The normalized spacial score (nSPS) is 11.1. The summed E-state index contributed by atoms with van der Waals surface area (Å²) in [6.07, 6.45) is -0.953. The number of phenols is 1. The zero-order valence-corrected chi connectivity index (χ0v) is 32.8. The Morgan fingerprint density at radius 3 is 1.87 bits per heavy atom. The number of amides is 5. The maximum Gasteiger partial charge on any atom is 0.335 e. The number of phenolic OH excluding ortho intramolecular Hbond substituents is 1. The fraction of sp³-hybridized carbons (Fsp3) is 0.116. The third-order valence-electron chi connectivity index (χ3n) is 8.85. The van der Waals surface area contributed by atoms with Crippen LogP contribution in [-0.2, 0) is 9.59 Å². The molecule has 1 heterocycles. The first-order valence-corrected chi connectivity index (χ1v) is 18.6. The molecule has 0 aliphatic rings. The maximum atomic E-state index is 13.3. The number of rotatable bonds is 15. The number of nitrogens with zero attached hydrogens (tertiary/aromatic N) is 5. The highest BCUT2D eigenvalue weighted by Gasteiger charge is 2.25. The van der Waals surface area contributed by atoms with Crippen LogP contribution >= 0.6 is 0 Å². The zero-order valence-electron chi connectivity index (χ0n) is 32.8. The van der Waals surface area contributed by atoms with Crippen molar-refractivity contribution < 1.29 is 43.7 Å². The van der Waals surface area contributed by atoms with Gasteiger partial charge in [-0.15, -0.1) is 15.0 Å². The number of primary amides is 1. The summed E-state index contributed by atoms with van der Waals surface area (Å²) < 4.78 is 5.87. The zero-order chi connectivity index (χ0) is 44.5. The van der Waals surface area contributed by atoms with Gasteiger partial charge < -0.3 is 42.0 Å². The molecule has 5 amide bonds. The van der Waals surface area contributed by atoms with Crippen LogP contribution in [0.15, 0.2) is 109 Å². The highest BCUT2D eigenvalue weighted by atomic mass is 16.5. The average molecular weight is 837 g/mol. The maximum absolute atomic E-state index is 13.3. The van der Waals surface area contributed by atoms with Gasteiger partial charge in [-0.25, -0.2) is 4.79 Å². The first-order chi connectivity index (χ1) is 29.7. The first kappa shape index (κ1) is 42.7. The molecule has 1 aromatic heterocycles. The summed E-state index contributed by atoms with van der Waals surface area (Å²) in [6.45, 7) is 3.43. The van der Waals surface area contributed by atoms with Crippen LogP contribution < -0.4 is 31.7 Å². The Labute approximate surface area is 352 Å². The molecule has 0 bridgehead atoms. The molecule has 0 spiro atoms. The average Bonchev–Trinajstić information content (AvgIpc) is 3.74. The van der Waals surface area contributed by atoms with E-state index in [2.05, 4.69) is 36.7 Å². The highest BCUT2D eigenvalue weighted by Crippen LogP contribution is 2.37. The van der Waals surface area contributed by atoms with Crippen LogP contribution in [0.3, 0.4) is 0 Å². The summed E-state index contributed by atoms with van der Waals surface area (Å²) in [5.41, 5.74) is 7.76. The van der Waals surface area contributed by atoms with Gasteiger partial charge >= 0.3 is 5.97 Å². The van der Waals surface area contributed by atoms with Crippen molar-refractivity contribution in [1.29, 1.82) is 5.26 Å². The Morgan fingerprint density at radius 1 is 0.742 bits per heavy atom. The smallest absolute Gasteiger partial charge is 0.335 e. The summed E-state index contributed by atoms with van der Waals surface area (Å²) in [5, 5.41) is 52.4. The second-order valence-corrected chi connectivity index (χ2v) is 13.7. The molecule has 19 nitrogen and oxygen atoms in total. The Kier molecular flexibility index (Phi) is 12.9. The van der Waals surface area contributed by atoms with E-state index >= 15 is 0 Å². The molecule has 0 saturated heterocycles. The van der Waals surface area contributed by atoms with E-state index in [0.29, 0.717) is 33.8 Å². The number of nitriles is 1. The van der Waals surface area contributed by atoms with Crippen molar-refractivity contribution >= 4 is 52.6 Å². The Balaban J connectivity index is 1.10. The number of nitrogens with one attached hydrogen (secondary N) is 4. The first-order valence-electron chi connectivity index (χ1n) is 18.6. The predicted octanol–water partition coefficient (Wildman–Crippen LogP) is 4.51. The van der Waals surface area contributed by atoms with Crippen LogP contribution in [-0.4, -0.2) is 78.1 Å². The summed E-state index contributed by atoms with van der Waals surface area (Å²) >= 11 is 0. The molecule has 0 saturated carbocycles. The predicted molar refractivity (Wildman–Crippen MR) is 223 cm³/mol. The van der Waals surface area contributed by atoms with Crippen LogP contribution in [0.1, 0.15) is 67.3 Å². The van der Waals surface area contributed by atoms with E-state index in [4.69, 9.17) is 20.8 Å². The summed E-state index contributed by atoms with van der Waals surface area (Å²) in [5.74, 6) is -4.95. The van der Waals surface area contributed by atoms with Gasteiger partial charge in [0.25, 0.3) is 17.7 Å². The van der Waals surface area contributed by atoms with E-state index in [1.807, 2.05) is 6.07 Å². The molecule has 6 aromatic rings. The van der Waals surface area contributed by atoms with Crippen molar-refractivity contribution in [3.05, 3.63) is 137 Å². The number of ether oxygens (including phenoxy) is 1. The molecular formula is C43H36N10O9. The molecule has 0 fully saturated rings. The number of hydrogen-bond acceptors (Lipinski definition) is 12. The molecule has 8 N–H and O–H groups in total. The second kappa shape index (κ2) is 18.8. The number of carboxylic acids is 1. The van der Waals surface area contributed by atoms with Crippen LogP contribution in [0.5, 0.6) is 11.5 Å². The lowest BCUT2D eigenvalue weighted by molar-refractivity contribution is -0.123. The lowest BCUT2D eigenvalue weighted by Crippen LogP contribution is -2.46. The van der Waals surface area contributed by atoms with Crippen LogP contribution in [0.25, 0.3) is 17.1 Å². The van der Waals surface area contributed by atoms with Gasteiger partial charge in [-0.3, -0.25) is 24.0 Å². The Hall–Kier alpha value is -8.92. The van der Waals surface area contributed by atoms with E-state index in [0.717, 1.165) is 4.80 Å². The quantitative estimate of drug-likeness (QED) is 0.0750. The van der Waals surface area contributed by atoms with Gasteiger partial charge in [0.2, 0.25) is 17.6 Å². The van der Waals surface area contributed by atoms with Crippen LogP contribution in [0.2, 0.25) is 0 Å². The molecule has 1 atom stereocenters. The van der Waals surface area contributed by atoms with Crippen molar-refractivity contribution in [3.63, 3.8) is 0 Å². The van der Waals surface area contributed by atoms with Crippen molar-refractivity contribution in [1.82, 2.24) is 25.5 Å². The number of aromatic nitrogens is 4. The number of benzene rings is 5. The molecule has 312 valence electrons. The van der Waals surface area contributed by atoms with Crippen molar-refractivity contribution in [3.8, 4) is 34.6 Å². The van der Waals surface area contributed by atoms with Crippen molar-refractivity contribution in [2.75, 3.05) is 16.0 Å². The minimum absolute atomic E-state index is 0.0351. The van der Waals surface area contributed by atoms with Gasteiger partial charge in [0, 0.05) is 33.8 Å². The number of nitrogens with two attached hydrogens (primary N) is 1. The summed E-state index contributed by atoms with van der Waals surface area (Å²) in [6, 6.07) is 27.0. The molecule has 0 aliphatic carbocycles. The molecule has 62 heavy (non-hydrogen) atoms. The van der Waals surface area contributed by atoms with Crippen LogP contribution in [0, 0.1) is 11.3 Å². The molecule has 6 rings (SSSR count). The number of aromatic hydroxyl groups is 1. The number of tetrazole rings is 1. The molecule has 0 aliphatic heterocycles. The summed E-state index contributed by atoms with van der Waals surface area (Å²) in [4.78, 5) is 76.3. The number of carbonyl (C=O) groups excluding carboxylic acids is 5. The minimum atomic E-state index is -1.35. The van der Waals surface area contributed by atoms with Crippen molar-refractivity contribution in [2.24, 2.45) is 5.73 Å². The number of anilines is 3. The fourth-order valence-corrected chi connectivity index (χ4v) is 5.77. The second-order valence-electron chi connectivity index (χ2n) is 13.7. The van der Waals surface area contributed by atoms with E-state index < -0.39 is 59.8 Å². The van der Waals surface area contributed by atoms with Gasteiger partial charge in [0.15, 0.2) is 11.5 Å². The molecule has 0 radical (unpaired) electrons. The number of aromatic carboxylic acids is 1. The molecule has 19 heteroatoms. The summed E-state index contributed by atoms with van der Waals surface area (Å²) in [7, 11) is 0. The third-order valence-corrected chi connectivity index (χ3v) is 8.85. The van der Waals surface area contributed by atoms with Gasteiger partial charge in [-0.1, -0.05) is 0 Å². The third kappa shape index (κ3) is 10.4. The largest absolute Gasteiger partial charge is 0.504 e. The van der Waals surface area contributed by atoms with Crippen LogP contribution in [0.4, 0.5) is 17.1 Å². The van der Waals surface area contributed by atoms with Gasteiger partial charge in [-0.2, -0.15) is 5.26 Å². The fourth-order valence-electron chi connectivity index (χ4n) is 5.77. The Morgan fingerprint density at radius 2 is 1.29 bits per heavy atom. The van der Waals surface area contributed by atoms with Gasteiger partial charge in [-0.05, 0) is 128 Å². The van der Waals surface area contributed by atoms with E-state index in [-0.39, 0.29) is 34.0 Å². The number of carbonyl (C=O) groups is 6. The Bertz CT molecular complexity index is 2710. The standard InChI is InChI=1S/C43H36N10O9/c1-23(2)62-37-34(20-19-32(36(37)55)41(58)47-30-17-11-28(12-18-30)43(60)61)53-51-38(50-52-53)25-7-13-31(14-8-25)48-42(59)33(21-35(45)54)49-40(57)27-9-15-29(16-10-27)46-39(56)26-5-3-24(22-44)4-6-26/h3-20,23,33,55H,21H2,1-2H3,(H2,45,54)(H,46,56)(H,47,58)(H,48,59)(H,49,57)(H,60,61). The van der Waals surface area contributed by atoms with Crippen molar-refractivity contribution in [2.45, 2.75) is 32.4 Å². The van der Waals surface area contributed by atoms with Gasteiger partial charge in [0.05, 0.1) is 35.3 Å². The SMILES string of the molecule is CC(C)Oc1c(-n2nnc(-c3ccc(NC(=O)C(CC(N)=O)NC(=O)c4ccc(NC(=O)c5ccc(C#N)cc5)cc4)cc3)n2)ccc(C(=O)Nc2ccc(C(=O)O)cc2)c1O. The van der Waals surface area contributed by atoms with Gasteiger partial charge in [0.1, 0.15) is 11.7 Å². The topological polar surface area (TPSA) is 294 Å². The lowest BCUT2D eigenvalue weighted by Gasteiger charge is -2.17. The molecule has 1 unspecified atom stereocenters. The highest BCUT2D eigenvalue weighted by molar-refractivity contribution is 6.07. The van der Waals surface area contributed by atoms with E-state index in [1.54, 1.807) is 26.0 Å². The molecular weight excluding hydrogens is 801 g/mol. The van der Waals surface area contributed by atoms with E-state index in [9.17, 15) is 33.9 Å². The lowest BCUT2D eigenvalue weighted by atomic mass is 10.1.